The number of nitrogens with one attached hydrogen (secondary N) is 2. The first-order valence-corrected chi connectivity index (χ1v) is 10.3. The van der Waals surface area contributed by atoms with Gasteiger partial charge in [0.15, 0.2) is 0 Å². The van der Waals surface area contributed by atoms with Crippen LogP contribution < -0.4 is 4.72 Å². The van der Waals surface area contributed by atoms with Crippen molar-refractivity contribution in [1.82, 2.24) is 9.88 Å². The van der Waals surface area contributed by atoms with Gasteiger partial charge in [-0.2, -0.15) is 0 Å². The molecular weight excluding hydrogens is 374 g/mol. The quantitative estimate of drug-likeness (QED) is 0.829. The Morgan fingerprint density at radius 3 is 2.42 bits per heavy atom. The number of halogens is 1. The number of nitrogens with zero attached hydrogens (tertiary/aromatic N) is 1. The first-order valence-electron chi connectivity index (χ1n) is 8.48. The van der Waals surface area contributed by atoms with Crippen molar-refractivity contribution in [3.8, 4) is 0 Å². The number of aromatic nitrogens is 1. The van der Waals surface area contributed by atoms with Gasteiger partial charge in [-0.05, 0) is 51.3 Å². The summed E-state index contributed by atoms with van der Waals surface area (Å²) in [4.78, 5) is 17.6. The SMILES string of the molecule is Cc1ccc(NS(=O)(=O)c2c(C)[nH]c(C)c2C(=O)N2CCCC2)c(Cl)c1. The zero-order valence-corrected chi connectivity index (χ0v) is 16.6. The maximum absolute atomic E-state index is 13.1. The van der Waals surface area contributed by atoms with Crippen LogP contribution in [-0.4, -0.2) is 37.3 Å². The van der Waals surface area contributed by atoms with Gasteiger partial charge in [-0.1, -0.05) is 17.7 Å². The van der Waals surface area contributed by atoms with Crippen molar-refractivity contribution in [1.29, 1.82) is 0 Å². The Hall–Kier alpha value is -1.99. The fraction of sp³-hybridized carbons (Fsp3) is 0.389. The smallest absolute Gasteiger partial charge is 0.264 e. The number of rotatable bonds is 4. The summed E-state index contributed by atoms with van der Waals surface area (Å²) in [5.74, 6) is -0.250. The van der Waals surface area contributed by atoms with E-state index in [2.05, 4.69) is 9.71 Å². The molecule has 0 spiro atoms. The Kier molecular flexibility index (Phi) is 5.03. The number of H-pyrrole nitrogens is 1. The van der Waals surface area contributed by atoms with Gasteiger partial charge < -0.3 is 9.88 Å². The monoisotopic (exact) mass is 395 g/mol. The van der Waals surface area contributed by atoms with E-state index < -0.39 is 10.0 Å². The number of sulfonamides is 1. The average Bonchev–Trinajstić information content (AvgIpc) is 3.17. The van der Waals surface area contributed by atoms with E-state index in [0.717, 1.165) is 18.4 Å². The van der Waals surface area contributed by atoms with Crippen LogP contribution in [0.15, 0.2) is 23.1 Å². The summed E-state index contributed by atoms with van der Waals surface area (Å²) < 4.78 is 28.6. The molecule has 1 aromatic carbocycles. The highest BCUT2D eigenvalue weighted by Gasteiger charge is 2.32. The molecule has 1 aliphatic rings. The third-order valence-corrected chi connectivity index (χ3v) is 6.41. The molecule has 2 aromatic rings. The second kappa shape index (κ2) is 6.96. The number of amides is 1. The largest absolute Gasteiger partial charge is 0.361 e. The summed E-state index contributed by atoms with van der Waals surface area (Å²) in [6.45, 7) is 6.54. The molecule has 1 aliphatic heterocycles. The predicted octanol–water partition coefficient (Wildman–Crippen LogP) is 3.63. The summed E-state index contributed by atoms with van der Waals surface area (Å²) in [7, 11) is -3.98. The zero-order chi connectivity index (χ0) is 19.1. The van der Waals surface area contributed by atoms with Crippen LogP contribution in [0.2, 0.25) is 5.02 Å². The van der Waals surface area contributed by atoms with Crippen LogP contribution in [0.5, 0.6) is 0 Å². The van der Waals surface area contributed by atoms with E-state index in [1.54, 1.807) is 36.9 Å². The first-order chi connectivity index (χ1) is 12.2. The second-order valence-corrected chi connectivity index (χ2v) is 8.69. The predicted molar refractivity (Wildman–Crippen MR) is 102 cm³/mol. The highest BCUT2D eigenvalue weighted by Crippen LogP contribution is 2.30. The Balaban J connectivity index is 2.03. The number of hydrogen-bond donors (Lipinski definition) is 2. The minimum absolute atomic E-state index is 0.0106. The van der Waals surface area contributed by atoms with Crippen LogP contribution >= 0.6 is 11.6 Å². The van der Waals surface area contributed by atoms with Crippen molar-refractivity contribution in [2.24, 2.45) is 0 Å². The topological polar surface area (TPSA) is 82.3 Å². The van der Waals surface area contributed by atoms with E-state index in [4.69, 9.17) is 11.6 Å². The molecule has 0 atom stereocenters. The Morgan fingerprint density at radius 2 is 1.81 bits per heavy atom. The van der Waals surface area contributed by atoms with E-state index in [9.17, 15) is 13.2 Å². The molecule has 1 saturated heterocycles. The average molecular weight is 396 g/mol. The highest BCUT2D eigenvalue weighted by atomic mass is 35.5. The molecule has 1 aromatic heterocycles. The zero-order valence-electron chi connectivity index (χ0n) is 15.0. The maximum atomic E-state index is 13.1. The number of hydrogen-bond acceptors (Lipinski definition) is 3. The molecular formula is C18H22ClN3O3S. The van der Waals surface area contributed by atoms with Gasteiger partial charge in [0.2, 0.25) is 0 Å². The van der Waals surface area contributed by atoms with Gasteiger partial charge in [0.25, 0.3) is 15.9 Å². The maximum Gasteiger partial charge on any atom is 0.264 e. The van der Waals surface area contributed by atoms with Crippen molar-refractivity contribution >= 4 is 33.2 Å². The number of aryl methyl sites for hydroxylation is 3. The fourth-order valence-electron chi connectivity index (χ4n) is 3.33. The molecule has 2 N–H and O–H groups in total. The fourth-order valence-corrected chi connectivity index (χ4v) is 5.20. The van der Waals surface area contributed by atoms with Crippen molar-refractivity contribution < 1.29 is 13.2 Å². The van der Waals surface area contributed by atoms with Gasteiger partial charge in [0, 0.05) is 24.5 Å². The van der Waals surface area contributed by atoms with E-state index in [-0.39, 0.29) is 22.1 Å². The third-order valence-electron chi connectivity index (χ3n) is 4.56. The Morgan fingerprint density at radius 1 is 1.15 bits per heavy atom. The summed E-state index contributed by atoms with van der Waals surface area (Å²) >= 11 is 6.16. The van der Waals surface area contributed by atoms with Crippen LogP contribution in [-0.2, 0) is 10.0 Å². The third kappa shape index (κ3) is 3.46. The number of benzene rings is 1. The van der Waals surface area contributed by atoms with Crippen LogP contribution in [0.4, 0.5) is 5.69 Å². The molecule has 0 bridgehead atoms. The molecule has 0 saturated carbocycles. The van der Waals surface area contributed by atoms with E-state index in [0.29, 0.717) is 29.5 Å². The van der Waals surface area contributed by atoms with Gasteiger partial charge in [0.1, 0.15) is 4.90 Å². The van der Waals surface area contributed by atoms with Crippen molar-refractivity contribution in [2.45, 2.75) is 38.5 Å². The normalized spacial score (nSPS) is 14.7. The van der Waals surface area contributed by atoms with Crippen molar-refractivity contribution in [2.75, 3.05) is 17.8 Å². The number of carbonyl (C=O) groups excluding carboxylic acids is 1. The number of likely N-dealkylation sites (tertiary alicyclic amines) is 1. The first kappa shape index (κ1) is 18.8. The van der Waals surface area contributed by atoms with E-state index >= 15 is 0 Å². The molecule has 1 amide bonds. The second-order valence-electron chi connectivity index (χ2n) is 6.67. The molecule has 8 heteroatoms. The van der Waals surface area contributed by atoms with Crippen LogP contribution in [0.25, 0.3) is 0 Å². The Bertz CT molecular complexity index is 960. The lowest BCUT2D eigenvalue weighted by Gasteiger charge is -2.17. The summed E-state index contributed by atoms with van der Waals surface area (Å²) in [5, 5.41) is 0.311. The molecule has 6 nitrogen and oxygen atoms in total. The van der Waals surface area contributed by atoms with Crippen LogP contribution in [0.1, 0.15) is 40.2 Å². The van der Waals surface area contributed by atoms with E-state index in [1.165, 1.54) is 0 Å². The van der Waals surface area contributed by atoms with E-state index in [1.807, 2.05) is 6.92 Å². The van der Waals surface area contributed by atoms with Gasteiger partial charge in [0.05, 0.1) is 16.3 Å². The molecule has 3 rings (SSSR count). The number of carbonyl (C=O) groups is 1. The van der Waals surface area contributed by atoms with Crippen molar-refractivity contribution in [3.05, 3.63) is 45.7 Å². The van der Waals surface area contributed by atoms with Crippen LogP contribution in [0, 0.1) is 20.8 Å². The van der Waals surface area contributed by atoms with Gasteiger partial charge in [-0.3, -0.25) is 9.52 Å². The number of anilines is 1. The molecule has 0 unspecified atom stereocenters. The molecule has 1 fully saturated rings. The molecule has 0 radical (unpaired) electrons. The molecule has 26 heavy (non-hydrogen) atoms. The standard InChI is InChI=1S/C18H22ClN3O3S/c1-11-6-7-15(14(19)10-11)21-26(24,25)17-13(3)20-12(2)16(17)18(23)22-8-4-5-9-22/h6-7,10,20-21H,4-5,8-9H2,1-3H3. The van der Waals surface area contributed by atoms with Gasteiger partial charge in [-0.25, -0.2) is 8.42 Å². The molecule has 2 heterocycles. The molecule has 140 valence electrons. The van der Waals surface area contributed by atoms with Crippen LogP contribution in [0.3, 0.4) is 0 Å². The lowest BCUT2D eigenvalue weighted by atomic mass is 10.2. The summed E-state index contributed by atoms with van der Waals surface area (Å²) in [5.41, 5.74) is 2.40. The minimum Gasteiger partial charge on any atom is -0.361 e. The lowest BCUT2D eigenvalue weighted by Crippen LogP contribution is -2.29. The van der Waals surface area contributed by atoms with Gasteiger partial charge >= 0.3 is 0 Å². The molecule has 0 aliphatic carbocycles. The Labute approximate surface area is 158 Å². The minimum atomic E-state index is -3.98. The summed E-state index contributed by atoms with van der Waals surface area (Å²) in [6.07, 6.45) is 1.88. The summed E-state index contributed by atoms with van der Waals surface area (Å²) in [6, 6.07) is 5.08. The van der Waals surface area contributed by atoms with Gasteiger partial charge in [-0.15, -0.1) is 0 Å². The lowest BCUT2D eigenvalue weighted by molar-refractivity contribution is 0.0788. The number of aromatic amines is 1. The highest BCUT2D eigenvalue weighted by molar-refractivity contribution is 7.92. The van der Waals surface area contributed by atoms with Crippen molar-refractivity contribution in [3.63, 3.8) is 0 Å².